The molecule has 0 bridgehead atoms. The zero-order valence-electron chi connectivity index (χ0n) is 11.8. The first-order chi connectivity index (χ1) is 9.86. The predicted molar refractivity (Wildman–Crippen MR) is 80.9 cm³/mol. The van der Waals surface area contributed by atoms with Gasteiger partial charge in [-0.2, -0.15) is 0 Å². The summed E-state index contributed by atoms with van der Waals surface area (Å²) in [5.74, 6) is 1.14. The van der Waals surface area contributed by atoms with Gasteiger partial charge in [0.15, 0.2) is 0 Å². The van der Waals surface area contributed by atoms with Crippen LogP contribution in [-0.4, -0.2) is 20.4 Å². The van der Waals surface area contributed by atoms with Crippen molar-refractivity contribution in [3.05, 3.63) is 29.3 Å². The lowest BCUT2D eigenvalue weighted by Crippen LogP contribution is -2.38. The Labute approximate surface area is 129 Å². The lowest BCUT2D eigenvalue weighted by molar-refractivity contribution is 0.0925. The Bertz CT molecular complexity index is 666. The maximum atomic E-state index is 12.4. The summed E-state index contributed by atoms with van der Waals surface area (Å²) < 4.78 is 22.6. The van der Waals surface area contributed by atoms with E-state index in [4.69, 9.17) is 10.7 Å². The molecular formula is C15H18ClNO3S. The molecular weight excluding hydrogens is 310 g/mol. The monoisotopic (exact) mass is 327 g/mol. The fourth-order valence-electron chi connectivity index (χ4n) is 2.80. The van der Waals surface area contributed by atoms with Crippen molar-refractivity contribution in [2.45, 2.75) is 43.5 Å². The van der Waals surface area contributed by atoms with Crippen molar-refractivity contribution in [2.75, 3.05) is 0 Å². The quantitative estimate of drug-likeness (QED) is 0.846. The zero-order valence-corrected chi connectivity index (χ0v) is 13.4. The summed E-state index contributed by atoms with van der Waals surface area (Å²) >= 11 is 0. The maximum Gasteiger partial charge on any atom is 0.261 e. The van der Waals surface area contributed by atoms with Crippen LogP contribution in [0.25, 0.3) is 0 Å². The molecule has 6 heteroatoms. The Balaban J connectivity index is 1.78. The minimum absolute atomic E-state index is 0.0270. The molecule has 3 rings (SSSR count). The summed E-state index contributed by atoms with van der Waals surface area (Å²) in [6.07, 6.45) is 4.79. The first kappa shape index (κ1) is 14.9. The van der Waals surface area contributed by atoms with E-state index < -0.39 is 9.05 Å². The van der Waals surface area contributed by atoms with Gasteiger partial charge in [-0.15, -0.1) is 0 Å². The number of amides is 1. The van der Waals surface area contributed by atoms with Gasteiger partial charge in [0, 0.05) is 22.3 Å². The SMILES string of the molecule is Cc1cc(S(=O)(=O)Cl)ccc1C(=O)NC(C1CC1)C1CC1. The Hall–Kier alpha value is -1.07. The van der Waals surface area contributed by atoms with Gasteiger partial charge < -0.3 is 5.32 Å². The van der Waals surface area contributed by atoms with Crippen LogP contribution in [0.15, 0.2) is 23.1 Å². The first-order valence-corrected chi connectivity index (χ1v) is 9.53. The largest absolute Gasteiger partial charge is 0.349 e. The van der Waals surface area contributed by atoms with Crippen LogP contribution in [0.3, 0.4) is 0 Å². The van der Waals surface area contributed by atoms with Crippen LogP contribution in [-0.2, 0) is 9.05 Å². The fourth-order valence-corrected chi connectivity index (χ4v) is 3.64. The molecule has 0 aliphatic heterocycles. The summed E-state index contributed by atoms with van der Waals surface area (Å²) in [4.78, 5) is 12.4. The fraction of sp³-hybridized carbons (Fsp3) is 0.533. The Morgan fingerprint density at radius 1 is 1.24 bits per heavy atom. The van der Waals surface area contributed by atoms with Crippen LogP contribution in [0.2, 0.25) is 0 Å². The highest BCUT2D eigenvalue weighted by molar-refractivity contribution is 8.13. The third-order valence-electron chi connectivity index (χ3n) is 4.28. The molecule has 1 N–H and O–H groups in total. The average molecular weight is 328 g/mol. The summed E-state index contributed by atoms with van der Waals surface area (Å²) in [5, 5.41) is 3.13. The van der Waals surface area contributed by atoms with Gasteiger partial charge >= 0.3 is 0 Å². The lowest BCUT2D eigenvalue weighted by Gasteiger charge is -2.18. The highest BCUT2D eigenvalue weighted by atomic mass is 35.7. The molecule has 2 fully saturated rings. The van der Waals surface area contributed by atoms with Crippen molar-refractivity contribution >= 4 is 25.6 Å². The number of benzene rings is 1. The van der Waals surface area contributed by atoms with E-state index in [0.29, 0.717) is 23.0 Å². The van der Waals surface area contributed by atoms with Crippen LogP contribution < -0.4 is 5.32 Å². The summed E-state index contributed by atoms with van der Waals surface area (Å²) in [5.41, 5.74) is 1.14. The standard InChI is InChI=1S/C15H18ClNO3S/c1-9-8-12(21(16,19)20)6-7-13(9)15(18)17-14(10-2-3-10)11-4-5-11/h6-8,10-11,14H,2-5H2,1H3,(H,17,18). The molecule has 0 spiro atoms. The van der Waals surface area contributed by atoms with Crippen molar-refractivity contribution in [3.8, 4) is 0 Å². The molecule has 1 aromatic rings. The smallest absolute Gasteiger partial charge is 0.261 e. The van der Waals surface area contributed by atoms with Gasteiger partial charge in [0.25, 0.3) is 15.0 Å². The molecule has 1 amide bonds. The minimum Gasteiger partial charge on any atom is -0.349 e. The van der Waals surface area contributed by atoms with Gasteiger partial charge in [0.1, 0.15) is 0 Å². The molecule has 0 atom stereocenters. The molecule has 4 nitrogen and oxygen atoms in total. The van der Waals surface area contributed by atoms with E-state index in [2.05, 4.69) is 5.32 Å². The van der Waals surface area contributed by atoms with E-state index in [1.807, 2.05) is 0 Å². The second-order valence-corrected chi connectivity index (χ2v) is 8.65. The van der Waals surface area contributed by atoms with Crippen molar-refractivity contribution < 1.29 is 13.2 Å². The average Bonchev–Trinajstić information content (AvgIpc) is 3.27. The van der Waals surface area contributed by atoms with Gasteiger partial charge in [0.05, 0.1) is 4.90 Å². The van der Waals surface area contributed by atoms with Gasteiger partial charge in [-0.3, -0.25) is 4.79 Å². The highest BCUT2D eigenvalue weighted by Gasteiger charge is 2.42. The lowest BCUT2D eigenvalue weighted by atomic mass is 10.0. The topological polar surface area (TPSA) is 63.2 Å². The number of carbonyl (C=O) groups excluding carboxylic acids is 1. The van der Waals surface area contributed by atoms with E-state index in [9.17, 15) is 13.2 Å². The van der Waals surface area contributed by atoms with Crippen molar-refractivity contribution in [2.24, 2.45) is 11.8 Å². The summed E-state index contributed by atoms with van der Waals surface area (Å²) in [7, 11) is 1.56. The molecule has 0 aromatic heterocycles. The molecule has 21 heavy (non-hydrogen) atoms. The number of hydrogen-bond donors (Lipinski definition) is 1. The van der Waals surface area contributed by atoms with E-state index >= 15 is 0 Å². The van der Waals surface area contributed by atoms with Gasteiger partial charge in [-0.05, 0) is 68.2 Å². The molecule has 1 aromatic carbocycles. The summed E-state index contributed by atoms with van der Waals surface area (Å²) in [6.45, 7) is 1.73. The number of carbonyl (C=O) groups is 1. The molecule has 2 aliphatic rings. The third kappa shape index (κ3) is 3.40. The zero-order chi connectivity index (χ0) is 15.2. The Morgan fingerprint density at radius 3 is 2.24 bits per heavy atom. The minimum atomic E-state index is -3.76. The van der Waals surface area contributed by atoms with Crippen LogP contribution >= 0.6 is 10.7 Å². The number of nitrogens with one attached hydrogen (secondary N) is 1. The van der Waals surface area contributed by atoms with Crippen LogP contribution in [0, 0.1) is 18.8 Å². The summed E-state index contributed by atoms with van der Waals surface area (Å²) in [6, 6.07) is 4.65. The molecule has 0 heterocycles. The molecule has 0 radical (unpaired) electrons. The predicted octanol–water partition coefficient (Wildman–Crippen LogP) is 2.84. The second kappa shape index (κ2) is 5.29. The van der Waals surface area contributed by atoms with Gasteiger partial charge in [0.2, 0.25) is 0 Å². The second-order valence-electron chi connectivity index (χ2n) is 6.09. The Kier molecular flexibility index (Phi) is 3.74. The van der Waals surface area contributed by atoms with Crippen LogP contribution in [0.4, 0.5) is 0 Å². The maximum absolute atomic E-state index is 12.4. The first-order valence-electron chi connectivity index (χ1n) is 7.22. The molecule has 2 aliphatic carbocycles. The van der Waals surface area contributed by atoms with Crippen molar-refractivity contribution in [3.63, 3.8) is 0 Å². The van der Waals surface area contributed by atoms with E-state index in [1.165, 1.54) is 43.9 Å². The number of hydrogen-bond acceptors (Lipinski definition) is 3. The van der Waals surface area contributed by atoms with Gasteiger partial charge in [-0.1, -0.05) is 0 Å². The number of halogens is 1. The normalized spacial score (nSPS) is 18.8. The van der Waals surface area contributed by atoms with Crippen LogP contribution in [0.1, 0.15) is 41.6 Å². The van der Waals surface area contributed by atoms with E-state index in [0.717, 1.165) is 0 Å². The molecule has 2 saturated carbocycles. The molecule has 0 unspecified atom stereocenters. The Morgan fingerprint density at radius 2 is 1.81 bits per heavy atom. The van der Waals surface area contributed by atoms with Crippen molar-refractivity contribution in [1.82, 2.24) is 5.32 Å². The number of rotatable bonds is 5. The van der Waals surface area contributed by atoms with Crippen LogP contribution in [0.5, 0.6) is 0 Å². The van der Waals surface area contributed by atoms with Gasteiger partial charge in [-0.25, -0.2) is 8.42 Å². The third-order valence-corrected chi connectivity index (χ3v) is 5.63. The molecule has 0 saturated heterocycles. The van der Waals surface area contributed by atoms with Crippen molar-refractivity contribution in [1.29, 1.82) is 0 Å². The molecule has 114 valence electrons. The van der Waals surface area contributed by atoms with E-state index in [-0.39, 0.29) is 16.8 Å². The highest BCUT2D eigenvalue weighted by Crippen LogP contribution is 2.44. The van der Waals surface area contributed by atoms with E-state index in [1.54, 1.807) is 6.92 Å². The number of aryl methyl sites for hydroxylation is 1.